The fourth-order valence-electron chi connectivity index (χ4n) is 2.10. The van der Waals surface area contributed by atoms with Gasteiger partial charge in [-0.2, -0.15) is 0 Å². The molecule has 2 N–H and O–H groups in total. The number of anilines is 1. The number of hydrogen-bond donors (Lipinski definition) is 1. The fraction of sp³-hybridized carbons (Fsp3) is 0.455. The topological polar surface area (TPSA) is 65.2 Å². The van der Waals surface area contributed by atoms with Crippen LogP contribution in [0.25, 0.3) is 0 Å². The fourth-order valence-corrected chi connectivity index (χ4v) is 2.10. The number of nitrogens with two attached hydrogens (primary N) is 1. The van der Waals surface area contributed by atoms with Gasteiger partial charge in [-0.15, -0.1) is 0 Å². The van der Waals surface area contributed by atoms with Crippen molar-refractivity contribution in [1.82, 2.24) is 4.98 Å². The number of nitrogens with zero attached hydrogens (tertiary/aromatic N) is 1. The van der Waals surface area contributed by atoms with E-state index in [0.717, 1.165) is 25.0 Å². The predicted molar refractivity (Wildman–Crippen MR) is 56.3 cm³/mol. The highest BCUT2D eigenvalue weighted by Gasteiger charge is 2.21. The summed E-state index contributed by atoms with van der Waals surface area (Å²) >= 11 is 0. The van der Waals surface area contributed by atoms with E-state index < -0.39 is 0 Å². The molecule has 0 amide bonds. The monoisotopic (exact) mass is 206 g/mol. The number of hydrogen-bond acceptors (Lipinski definition) is 4. The summed E-state index contributed by atoms with van der Waals surface area (Å²) in [5.74, 6) is 0.845. The summed E-state index contributed by atoms with van der Waals surface area (Å²) in [6.45, 7) is 0.946. The average Bonchev–Trinajstić information content (AvgIpc) is 2.25. The molecule has 1 aromatic heterocycles. The van der Waals surface area contributed by atoms with Gasteiger partial charge in [0.2, 0.25) is 0 Å². The van der Waals surface area contributed by atoms with E-state index in [1.165, 1.54) is 5.56 Å². The number of carbonyl (C=O) groups is 1. The Kier molecular flexibility index (Phi) is 2.85. The molecular formula is C11H14N2O2. The summed E-state index contributed by atoms with van der Waals surface area (Å²) in [7, 11) is 0. The number of ether oxygens (including phenoxy) is 1. The second-order valence-corrected chi connectivity index (χ2v) is 3.79. The smallest absolute Gasteiger partial charge is 0.293 e. The Morgan fingerprint density at radius 2 is 2.47 bits per heavy atom. The Morgan fingerprint density at radius 3 is 3.27 bits per heavy atom. The van der Waals surface area contributed by atoms with Crippen LogP contribution in [0.5, 0.6) is 0 Å². The molecule has 1 aliphatic rings. The Hall–Kier alpha value is -1.58. The molecule has 1 aliphatic carbocycles. The third-order valence-electron chi connectivity index (χ3n) is 2.80. The lowest BCUT2D eigenvalue weighted by Gasteiger charge is -2.23. The third-order valence-corrected chi connectivity index (χ3v) is 2.80. The van der Waals surface area contributed by atoms with Crippen molar-refractivity contribution in [3.8, 4) is 0 Å². The van der Waals surface area contributed by atoms with Crippen LogP contribution >= 0.6 is 0 Å². The maximum absolute atomic E-state index is 10.2. The summed E-state index contributed by atoms with van der Waals surface area (Å²) in [6, 6.07) is 3.80. The molecule has 1 unspecified atom stereocenters. The normalized spacial score (nSPS) is 19.3. The molecular weight excluding hydrogens is 192 g/mol. The second kappa shape index (κ2) is 4.29. The first kappa shape index (κ1) is 9.96. The molecule has 1 heterocycles. The molecule has 0 spiro atoms. The van der Waals surface area contributed by atoms with E-state index in [1.807, 2.05) is 6.07 Å². The quantitative estimate of drug-likeness (QED) is 0.756. The van der Waals surface area contributed by atoms with Crippen molar-refractivity contribution in [1.29, 1.82) is 0 Å². The zero-order valence-electron chi connectivity index (χ0n) is 8.48. The summed E-state index contributed by atoms with van der Waals surface area (Å²) < 4.78 is 4.82. The van der Waals surface area contributed by atoms with E-state index in [9.17, 15) is 4.79 Å². The summed E-state index contributed by atoms with van der Waals surface area (Å²) in [5.41, 5.74) is 7.86. The first-order chi connectivity index (χ1) is 7.31. The SMILES string of the molecule is Nc1ccc2c(n1)CCCC2COC=O. The lowest BCUT2D eigenvalue weighted by molar-refractivity contribution is -0.129. The van der Waals surface area contributed by atoms with Crippen LogP contribution in [0, 0.1) is 0 Å². The van der Waals surface area contributed by atoms with Crippen LogP contribution in [0.1, 0.15) is 30.0 Å². The van der Waals surface area contributed by atoms with E-state index in [2.05, 4.69) is 4.98 Å². The van der Waals surface area contributed by atoms with E-state index >= 15 is 0 Å². The molecule has 0 aromatic carbocycles. The molecule has 0 fully saturated rings. The molecule has 0 saturated heterocycles. The molecule has 2 rings (SSSR count). The van der Waals surface area contributed by atoms with Crippen LogP contribution in [-0.4, -0.2) is 18.1 Å². The number of carbonyl (C=O) groups excluding carboxylic acids is 1. The summed E-state index contributed by atoms with van der Waals surface area (Å²) in [6.07, 6.45) is 3.10. The summed E-state index contributed by atoms with van der Waals surface area (Å²) in [5, 5.41) is 0. The number of nitrogen functional groups attached to an aromatic ring is 1. The van der Waals surface area contributed by atoms with Gasteiger partial charge in [0.15, 0.2) is 0 Å². The molecule has 4 nitrogen and oxygen atoms in total. The molecule has 1 atom stereocenters. The molecule has 15 heavy (non-hydrogen) atoms. The lowest BCUT2D eigenvalue weighted by Crippen LogP contribution is -2.16. The molecule has 4 heteroatoms. The number of rotatable bonds is 3. The Balaban J connectivity index is 2.22. The zero-order chi connectivity index (χ0) is 10.7. The zero-order valence-corrected chi connectivity index (χ0v) is 8.48. The number of aryl methyl sites for hydroxylation is 1. The molecule has 0 saturated carbocycles. The first-order valence-corrected chi connectivity index (χ1v) is 5.12. The van der Waals surface area contributed by atoms with Gasteiger partial charge in [-0.3, -0.25) is 4.79 Å². The van der Waals surface area contributed by atoms with E-state index in [1.54, 1.807) is 6.07 Å². The van der Waals surface area contributed by atoms with Crippen molar-refractivity contribution in [3.05, 3.63) is 23.4 Å². The molecule has 80 valence electrons. The van der Waals surface area contributed by atoms with Gasteiger partial charge in [-0.25, -0.2) is 4.98 Å². The number of aromatic nitrogens is 1. The Morgan fingerprint density at radius 1 is 1.60 bits per heavy atom. The molecule has 1 aromatic rings. The highest BCUT2D eigenvalue weighted by molar-refractivity contribution is 5.39. The lowest BCUT2D eigenvalue weighted by atomic mass is 9.86. The van der Waals surface area contributed by atoms with Gasteiger partial charge in [0.05, 0.1) is 6.61 Å². The van der Waals surface area contributed by atoms with Crippen LogP contribution < -0.4 is 5.73 Å². The Bertz CT molecular complexity index is 366. The largest absolute Gasteiger partial charge is 0.467 e. The van der Waals surface area contributed by atoms with Crippen LogP contribution in [0.3, 0.4) is 0 Å². The third kappa shape index (κ3) is 2.09. The van der Waals surface area contributed by atoms with E-state index in [0.29, 0.717) is 18.9 Å². The van der Waals surface area contributed by atoms with Gasteiger partial charge in [0, 0.05) is 11.6 Å². The first-order valence-electron chi connectivity index (χ1n) is 5.12. The van der Waals surface area contributed by atoms with Crippen LogP contribution in [0.2, 0.25) is 0 Å². The molecule has 0 radical (unpaired) electrons. The minimum absolute atomic E-state index is 0.284. The van der Waals surface area contributed by atoms with Gasteiger partial charge < -0.3 is 10.5 Å². The van der Waals surface area contributed by atoms with Crippen molar-refractivity contribution < 1.29 is 9.53 Å². The predicted octanol–water partition coefficient (Wildman–Crippen LogP) is 1.26. The van der Waals surface area contributed by atoms with Gasteiger partial charge in [0.1, 0.15) is 5.82 Å². The number of fused-ring (bicyclic) bond motifs is 1. The average molecular weight is 206 g/mol. The molecule has 0 aliphatic heterocycles. The van der Waals surface area contributed by atoms with Crippen molar-refractivity contribution in [2.75, 3.05) is 12.3 Å². The Labute approximate surface area is 88.4 Å². The maximum atomic E-state index is 10.2. The minimum atomic E-state index is 0.284. The van der Waals surface area contributed by atoms with Crippen molar-refractivity contribution in [3.63, 3.8) is 0 Å². The molecule has 0 bridgehead atoms. The van der Waals surface area contributed by atoms with E-state index in [-0.39, 0.29) is 5.92 Å². The van der Waals surface area contributed by atoms with Crippen LogP contribution in [0.4, 0.5) is 5.82 Å². The van der Waals surface area contributed by atoms with Crippen LogP contribution in [0.15, 0.2) is 12.1 Å². The van der Waals surface area contributed by atoms with Crippen molar-refractivity contribution in [2.45, 2.75) is 25.2 Å². The van der Waals surface area contributed by atoms with Gasteiger partial charge in [-0.05, 0) is 30.9 Å². The van der Waals surface area contributed by atoms with Crippen molar-refractivity contribution in [2.24, 2.45) is 0 Å². The highest BCUT2D eigenvalue weighted by Crippen LogP contribution is 2.31. The highest BCUT2D eigenvalue weighted by atomic mass is 16.5. The standard InChI is InChI=1S/C11H14N2O2/c12-11-5-4-9-8(6-15-7-14)2-1-3-10(9)13-11/h4-5,7-8H,1-3,6H2,(H2,12,13). The summed E-state index contributed by atoms with van der Waals surface area (Å²) in [4.78, 5) is 14.5. The minimum Gasteiger partial charge on any atom is -0.467 e. The number of pyridine rings is 1. The van der Waals surface area contributed by atoms with Crippen molar-refractivity contribution >= 4 is 12.3 Å². The van der Waals surface area contributed by atoms with Gasteiger partial charge in [-0.1, -0.05) is 6.07 Å². The van der Waals surface area contributed by atoms with Gasteiger partial charge >= 0.3 is 0 Å². The van der Waals surface area contributed by atoms with Crippen LogP contribution in [-0.2, 0) is 16.0 Å². The maximum Gasteiger partial charge on any atom is 0.293 e. The van der Waals surface area contributed by atoms with Gasteiger partial charge in [0.25, 0.3) is 6.47 Å². The van der Waals surface area contributed by atoms with E-state index in [4.69, 9.17) is 10.5 Å². The second-order valence-electron chi connectivity index (χ2n) is 3.79.